The number of carboxylic acids is 1. The van der Waals surface area contributed by atoms with Crippen molar-refractivity contribution in [1.82, 2.24) is 5.32 Å². The molecule has 0 bridgehead atoms. The van der Waals surface area contributed by atoms with Crippen LogP contribution in [0.4, 0.5) is 0 Å². The molecule has 1 aliphatic carbocycles. The molecule has 0 atom stereocenters. The summed E-state index contributed by atoms with van der Waals surface area (Å²) in [5.74, 6) is -1.38. The van der Waals surface area contributed by atoms with Crippen LogP contribution in [0.1, 0.15) is 42.5 Å². The van der Waals surface area contributed by atoms with Gasteiger partial charge in [0, 0.05) is 4.90 Å². The van der Waals surface area contributed by atoms with Crippen LogP contribution in [0.3, 0.4) is 0 Å². The van der Waals surface area contributed by atoms with Gasteiger partial charge in [-0.2, -0.15) is 0 Å². The maximum Gasteiger partial charge on any atom is 0.329 e. The highest BCUT2D eigenvalue weighted by molar-refractivity contribution is 7.98. The van der Waals surface area contributed by atoms with Crippen LogP contribution in [-0.4, -0.2) is 28.8 Å². The third-order valence-corrected chi connectivity index (χ3v) is 4.94. The molecule has 1 fully saturated rings. The smallest absolute Gasteiger partial charge is 0.329 e. The van der Waals surface area contributed by atoms with E-state index in [1.165, 1.54) is 11.8 Å². The summed E-state index contributed by atoms with van der Waals surface area (Å²) < 4.78 is 0. The summed E-state index contributed by atoms with van der Waals surface area (Å²) >= 11 is 7.58. The van der Waals surface area contributed by atoms with Gasteiger partial charge in [0.25, 0.3) is 5.91 Å². The summed E-state index contributed by atoms with van der Waals surface area (Å²) in [6, 6.07) is 5.19. The molecule has 21 heavy (non-hydrogen) atoms. The molecule has 0 aromatic heterocycles. The number of halogens is 1. The van der Waals surface area contributed by atoms with Gasteiger partial charge >= 0.3 is 5.97 Å². The summed E-state index contributed by atoms with van der Waals surface area (Å²) in [7, 11) is 0. The Morgan fingerprint density at radius 2 is 1.95 bits per heavy atom. The first kappa shape index (κ1) is 16.2. The Morgan fingerprint density at radius 3 is 2.52 bits per heavy atom. The highest BCUT2D eigenvalue weighted by Crippen LogP contribution is 2.30. The van der Waals surface area contributed by atoms with Crippen LogP contribution in [0.15, 0.2) is 23.1 Å². The number of carboxylic acid groups (broad SMARTS) is 1. The van der Waals surface area contributed by atoms with Crippen molar-refractivity contribution < 1.29 is 14.7 Å². The Labute approximate surface area is 133 Å². The van der Waals surface area contributed by atoms with Gasteiger partial charge in [0.05, 0.1) is 10.6 Å². The number of carbonyl (C=O) groups excluding carboxylic acids is 1. The molecular formula is C15H18ClNO3S. The first-order valence-corrected chi connectivity index (χ1v) is 8.48. The molecular weight excluding hydrogens is 310 g/mol. The SMILES string of the molecule is CSc1ccc(Cl)c(C(=O)NC2(C(=O)O)CCCCC2)c1. The first-order valence-electron chi connectivity index (χ1n) is 6.88. The molecule has 1 aliphatic rings. The summed E-state index contributed by atoms with van der Waals surface area (Å²) in [5.41, 5.74) is -0.830. The van der Waals surface area contributed by atoms with E-state index in [2.05, 4.69) is 5.32 Å². The Morgan fingerprint density at radius 1 is 1.29 bits per heavy atom. The molecule has 2 rings (SSSR count). The molecule has 0 heterocycles. The summed E-state index contributed by atoms with van der Waals surface area (Å²) in [6.45, 7) is 0. The fraction of sp³-hybridized carbons (Fsp3) is 0.467. The van der Waals surface area contributed by atoms with Crippen molar-refractivity contribution in [3.63, 3.8) is 0 Å². The van der Waals surface area contributed by atoms with E-state index >= 15 is 0 Å². The lowest BCUT2D eigenvalue weighted by molar-refractivity contribution is -0.145. The lowest BCUT2D eigenvalue weighted by Crippen LogP contribution is -2.55. The van der Waals surface area contributed by atoms with Crippen LogP contribution >= 0.6 is 23.4 Å². The average Bonchev–Trinajstić information content (AvgIpc) is 2.48. The molecule has 1 saturated carbocycles. The monoisotopic (exact) mass is 327 g/mol. The minimum Gasteiger partial charge on any atom is -0.480 e. The molecule has 0 unspecified atom stereocenters. The summed E-state index contributed by atoms with van der Waals surface area (Å²) in [6.07, 6.45) is 5.47. The highest BCUT2D eigenvalue weighted by atomic mass is 35.5. The van der Waals surface area contributed by atoms with Crippen molar-refractivity contribution in [2.24, 2.45) is 0 Å². The van der Waals surface area contributed by atoms with Crippen molar-refractivity contribution >= 4 is 35.2 Å². The van der Waals surface area contributed by atoms with Gasteiger partial charge in [0.15, 0.2) is 0 Å². The second kappa shape index (κ2) is 6.71. The largest absolute Gasteiger partial charge is 0.480 e. The van der Waals surface area contributed by atoms with E-state index in [0.29, 0.717) is 23.4 Å². The normalized spacial score (nSPS) is 17.2. The van der Waals surface area contributed by atoms with E-state index in [1.807, 2.05) is 12.3 Å². The Kier molecular flexibility index (Phi) is 5.17. The van der Waals surface area contributed by atoms with Crippen molar-refractivity contribution in [2.45, 2.75) is 42.5 Å². The zero-order valence-electron chi connectivity index (χ0n) is 11.8. The standard InChI is InChI=1S/C15H18ClNO3S/c1-21-10-5-6-12(16)11(9-10)13(18)17-15(14(19)20)7-3-2-4-8-15/h5-6,9H,2-4,7-8H2,1H3,(H,17,18)(H,19,20). The fourth-order valence-electron chi connectivity index (χ4n) is 2.64. The number of carbonyl (C=O) groups is 2. The van der Waals surface area contributed by atoms with Gasteiger partial charge in [-0.05, 0) is 37.3 Å². The second-order valence-electron chi connectivity index (χ2n) is 5.25. The van der Waals surface area contributed by atoms with Crippen molar-refractivity contribution in [1.29, 1.82) is 0 Å². The summed E-state index contributed by atoms with van der Waals surface area (Å²) in [4.78, 5) is 25.0. The van der Waals surface area contributed by atoms with Crippen LogP contribution in [0, 0.1) is 0 Å². The highest BCUT2D eigenvalue weighted by Gasteiger charge is 2.41. The van der Waals surface area contributed by atoms with E-state index in [9.17, 15) is 14.7 Å². The number of hydrogen-bond donors (Lipinski definition) is 2. The number of amides is 1. The van der Waals surface area contributed by atoms with Gasteiger partial charge in [0.1, 0.15) is 5.54 Å². The zero-order chi connectivity index (χ0) is 15.5. The number of nitrogens with one attached hydrogen (secondary N) is 1. The molecule has 6 heteroatoms. The second-order valence-corrected chi connectivity index (χ2v) is 6.53. The first-order chi connectivity index (χ1) is 9.98. The molecule has 1 aromatic rings. The average molecular weight is 328 g/mol. The van der Waals surface area contributed by atoms with E-state index in [-0.39, 0.29) is 0 Å². The topological polar surface area (TPSA) is 66.4 Å². The molecule has 0 spiro atoms. The van der Waals surface area contributed by atoms with Crippen LogP contribution in [-0.2, 0) is 4.79 Å². The van der Waals surface area contributed by atoms with Gasteiger partial charge in [-0.25, -0.2) is 4.79 Å². The Bertz CT molecular complexity index is 556. The minimum absolute atomic E-state index is 0.328. The summed E-state index contributed by atoms with van der Waals surface area (Å²) in [5, 5.41) is 12.5. The fourth-order valence-corrected chi connectivity index (χ4v) is 3.28. The van der Waals surface area contributed by atoms with Crippen LogP contribution in [0.2, 0.25) is 5.02 Å². The molecule has 1 amide bonds. The van der Waals surface area contributed by atoms with Gasteiger partial charge in [-0.1, -0.05) is 30.9 Å². The molecule has 2 N–H and O–H groups in total. The van der Waals surface area contributed by atoms with Crippen LogP contribution in [0.25, 0.3) is 0 Å². The third-order valence-electron chi connectivity index (χ3n) is 3.89. The van der Waals surface area contributed by atoms with Crippen molar-refractivity contribution in [3.8, 4) is 0 Å². The quantitative estimate of drug-likeness (QED) is 0.829. The number of benzene rings is 1. The van der Waals surface area contributed by atoms with Gasteiger partial charge in [-0.15, -0.1) is 11.8 Å². The number of thioether (sulfide) groups is 1. The zero-order valence-corrected chi connectivity index (χ0v) is 13.4. The third kappa shape index (κ3) is 3.52. The molecule has 0 aliphatic heterocycles. The number of aliphatic carboxylic acids is 1. The molecule has 0 radical (unpaired) electrons. The Balaban J connectivity index is 2.25. The van der Waals surface area contributed by atoms with Gasteiger partial charge < -0.3 is 10.4 Å². The van der Waals surface area contributed by atoms with Crippen molar-refractivity contribution in [3.05, 3.63) is 28.8 Å². The lowest BCUT2D eigenvalue weighted by Gasteiger charge is -2.34. The number of hydrogen-bond acceptors (Lipinski definition) is 3. The maximum atomic E-state index is 12.4. The van der Waals surface area contributed by atoms with E-state index < -0.39 is 17.4 Å². The van der Waals surface area contributed by atoms with Crippen molar-refractivity contribution in [2.75, 3.05) is 6.26 Å². The van der Waals surface area contributed by atoms with E-state index in [4.69, 9.17) is 11.6 Å². The van der Waals surface area contributed by atoms with Crippen LogP contribution in [0.5, 0.6) is 0 Å². The molecule has 114 valence electrons. The van der Waals surface area contributed by atoms with Gasteiger partial charge in [-0.3, -0.25) is 4.79 Å². The Hall–Kier alpha value is -1.20. The molecule has 0 saturated heterocycles. The predicted molar refractivity (Wildman–Crippen MR) is 84.2 cm³/mol. The number of rotatable bonds is 4. The van der Waals surface area contributed by atoms with E-state index in [1.54, 1.807) is 12.1 Å². The molecule has 4 nitrogen and oxygen atoms in total. The minimum atomic E-state index is -1.16. The van der Waals surface area contributed by atoms with Gasteiger partial charge in [0.2, 0.25) is 0 Å². The molecule has 1 aromatic carbocycles. The maximum absolute atomic E-state index is 12.4. The van der Waals surface area contributed by atoms with E-state index in [0.717, 1.165) is 24.2 Å². The van der Waals surface area contributed by atoms with Crippen LogP contribution < -0.4 is 5.32 Å². The lowest BCUT2D eigenvalue weighted by atomic mass is 9.81. The predicted octanol–water partition coefficient (Wildman–Crippen LogP) is 3.58.